The van der Waals surface area contributed by atoms with Gasteiger partial charge in [0.25, 0.3) is 0 Å². The van der Waals surface area contributed by atoms with Crippen molar-refractivity contribution in [2.75, 3.05) is 0 Å². The molecule has 0 aromatic heterocycles. The Morgan fingerprint density at radius 2 is 2.20 bits per heavy atom. The van der Waals surface area contributed by atoms with Gasteiger partial charge in [-0.2, -0.15) is 5.26 Å². The van der Waals surface area contributed by atoms with Crippen molar-refractivity contribution in [1.29, 1.82) is 5.26 Å². The summed E-state index contributed by atoms with van der Waals surface area (Å²) < 4.78 is 0. The molecule has 0 radical (unpaired) electrons. The zero-order valence-corrected chi connectivity index (χ0v) is 5.97. The van der Waals surface area contributed by atoms with Gasteiger partial charge < -0.3 is 5.11 Å². The number of hydrogen-bond acceptors (Lipinski definition) is 3. The zero-order valence-electron chi connectivity index (χ0n) is 5.07. The smallest absolute Gasteiger partial charge is 0.116 e. The minimum Gasteiger partial charge on any atom is -0.508 e. The Hall–Kier alpha value is -1.14. The second kappa shape index (κ2) is 2.63. The summed E-state index contributed by atoms with van der Waals surface area (Å²) in [5, 5.41) is 17.3. The zero-order chi connectivity index (χ0) is 7.56. The third-order valence-electron chi connectivity index (χ3n) is 1.10. The second-order valence-corrected chi connectivity index (χ2v) is 2.30. The number of nitrogens with zero attached hydrogens (tertiary/aromatic N) is 1. The van der Waals surface area contributed by atoms with E-state index in [2.05, 4.69) is 12.6 Å². The highest BCUT2D eigenvalue weighted by Crippen LogP contribution is 2.17. The van der Waals surface area contributed by atoms with Gasteiger partial charge in [-0.1, -0.05) is 0 Å². The fourth-order valence-electron chi connectivity index (χ4n) is 0.614. The average Bonchev–Trinajstić information content (AvgIpc) is 1.94. The quantitative estimate of drug-likeness (QED) is 0.552. The van der Waals surface area contributed by atoms with Gasteiger partial charge >= 0.3 is 0 Å². The molecule has 50 valence electrons. The number of thiol groups is 1. The lowest BCUT2D eigenvalue weighted by Gasteiger charge is -1.94. The Morgan fingerprint density at radius 3 is 2.70 bits per heavy atom. The van der Waals surface area contributed by atoms with Gasteiger partial charge in [-0.3, -0.25) is 0 Å². The molecule has 3 heteroatoms. The molecule has 0 unspecified atom stereocenters. The normalized spacial score (nSPS) is 8.80. The molecule has 2 nitrogen and oxygen atoms in total. The van der Waals surface area contributed by atoms with Crippen molar-refractivity contribution in [2.24, 2.45) is 0 Å². The van der Waals surface area contributed by atoms with Crippen LogP contribution in [0.3, 0.4) is 0 Å². The standard InChI is InChI=1S/C7H5NOS/c8-4-5-3-6(9)1-2-7(5)10/h1-3,9-10H. The summed E-state index contributed by atoms with van der Waals surface area (Å²) in [5.74, 6) is 0.0920. The van der Waals surface area contributed by atoms with Crippen LogP contribution in [0.5, 0.6) is 5.75 Å². The Bertz CT molecular complexity index is 290. The summed E-state index contributed by atoms with van der Waals surface area (Å²) >= 11 is 3.99. The number of nitriles is 1. The van der Waals surface area contributed by atoms with Gasteiger partial charge in [-0.15, -0.1) is 12.6 Å². The lowest BCUT2D eigenvalue weighted by atomic mass is 10.2. The SMILES string of the molecule is N#Cc1cc(O)ccc1S. The Balaban J connectivity index is 3.25. The van der Waals surface area contributed by atoms with E-state index in [0.29, 0.717) is 10.5 Å². The van der Waals surface area contributed by atoms with E-state index in [9.17, 15) is 0 Å². The van der Waals surface area contributed by atoms with E-state index in [-0.39, 0.29) is 5.75 Å². The molecule has 1 aromatic carbocycles. The number of phenolic OH excluding ortho intramolecular Hbond substituents is 1. The van der Waals surface area contributed by atoms with Crippen LogP contribution >= 0.6 is 12.6 Å². The van der Waals surface area contributed by atoms with Crippen LogP contribution < -0.4 is 0 Å². The number of aromatic hydroxyl groups is 1. The fourth-order valence-corrected chi connectivity index (χ4v) is 0.803. The van der Waals surface area contributed by atoms with E-state index in [1.807, 2.05) is 6.07 Å². The van der Waals surface area contributed by atoms with Crippen molar-refractivity contribution in [3.8, 4) is 11.8 Å². The first-order valence-corrected chi connectivity index (χ1v) is 3.11. The largest absolute Gasteiger partial charge is 0.508 e. The molecule has 1 aromatic rings. The van der Waals surface area contributed by atoms with Crippen LogP contribution in [0, 0.1) is 11.3 Å². The van der Waals surface area contributed by atoms with Gasteiger partial charge in [0.2, 0.25) is 0 Å². The van der Waals surface area contributed by atoms with Crippen molar-refractivity contribution in [3.05, 3.63) is 23.8 Å². The highest BCUT2D eigenvalue weighted by Gasteiger charge is 1.96. The van der Waals surface area contributed by atoms with Gasteiger partial charge in [-0.05, 0) is 18.2 Å². The molecule has 0 heterocycles. The Kier molecular flexibility index (Phi) is 1.83. The molecule has 0 saturated heterocycles. The molecule has 0 fully saturated rings. The van der Waals surface area contributed by atoms with E-state index in [1.54, 1.807) is 6.07 Å². The van der Waals surface area contributed by atoms with E-state index in [4.69, 9.17) is 10.4 Å². The second-order valence-electron chi connectivity index (χ2n) is 1.81. The maximum atomic E-state index is 8.88. The van der Waals surface area contributed by atoms with Crippen molar-refractivity contribution >= 4 is 12.6 Å². The molecule has 0 spiro atoms. The van der Waals surface area contributed by atoms with Crippen LogP contribution in [0.25, 0.3) is 0 Å². The van der Waals surface area contributed by atoms with E-state index in [0.717, 1.165) is 0 Å². The molecule has 0 aliphatic rings. The molecule has 1 rings (SSSR count). The van der Waals surface area contributed by atoms with Crippen molar-refractivity contribution < 1.29 is 5.11 Å². The minimum atomic E-state index is 0.0920. The summed E-state index contributed by atoms with van der Waals surface area (Å²) in [6.07, 6.45) is 0. The molecule has 0 saturated carbocycles. The molecule has 0 atom stereocenters. The molecule has 10 heavy (non-hydrogen) atoms. The topological polar surface area (TPSA) is 44.0 Å². The first-order chi connectivity index (χ1) is 4.74. The van der Waals surface area contributed by atoms with Gasteiger partial charge in [0.05, 0.1) is 5.56 Å². The third kappa shape index (κ3) is 1.23. The third-order valence-corrected chi connectivity index (χ3v) is 1.49. The first kappa shape index (κ1) is 6.97. The summed E-state index contributed by atoms with van der Waals surface area (Å²) in [6.45, 7) is 0. The summed E-state index contributed by atoms with van der Waals surface area (Å²) in [6, 6.07) is 6.35. The van der Waals surface area contributed by atoms with Crippen LogP contribution in [0.1, 0.15) is 5.56 Å². The highest BCUT2D eigenvalue weighted by atomic mass is 32.1. The van der Waals surface area contributed by atoms with E-state index < -0.39 is 0 Å². The monoisotopic (exact) mass is 151 g/mol. The molecule has 0 bridgehead atoms. The number of hydrogen-bond donors (Lipinski definition) is 2. The molecular formula is C7H5NOS. The average molecular weight is 151 g/mol. The fraction of sp³-hybridized carbons (Fsp3) is 0. The van der Waals surface area contributed by atoms with Crippen LogP contribution in [-0.4, -0.2) is 5.11 Å². The number of rotatable bonds is 0. The minimum absolute atomic E-state index is 0.0920. The van der Waals surface area contributed by atoms with Crippen LogP contribution in [0.4, 0.5) is 0 Å². The predicted molar refractivity (Wildman–Crippen MR) is 40.1 cm³/mol. The Labute approximate surface area is 64.1 Å². The van der Waals surface area contributed by atoms with Crippen molar-refractivity contribution in [1.82, 2.24) is 0 Å². The molecule has 0 amide bonds. The lowest BCUT2D eigenvalue weighted by Crippen LogP contribution is -1.75. The maximum Gasteiger partial charge on any atom is 0.116 e. The maximum absolute atomic E-state index is 8.88. The van der Waals surface area contributed by atoms with Crippen molar-refractivity contribution in [3.63, 3.8) is 0 Å². The lowest BCUT2D eigenvalue weighted by molar-refractivity contribution is 0.474. The summed E-state index contributed by atoms with van der Waals surface area (Å²) in [7, 11) is 0. The van der Waals surface area contributed by atoms with Gasteiger partial charge in [-0.25, -0.2) is 0 Å². The van der Waals surface area contributed by atoms with Gasteiger partial charge in [0.1, 0.15) is 11.8 Å². The summed E-state index contributed by atoms with van der Waals surface area (Å²) in [4.78, 5) is 0.584. The predicted octanol–water partition coefficient (Wildman–Crippen LogP) is 1.55. The van der Waals surface area contributed by atoms with Crippen LogP contribution in [0.2, 0.25) is 0 Å². The first-order valence-electron chi connectivity index (χ1n) is 2.66. The van der Waals surface area contributed by atoms with E-state index >= 15 is 0 Å². The van der Waals surface area contributed by atoms with E-state index in [1.165, 1.54) is 12.1 Å². The van der Waals surface area contributed by atoms with Crippen LogP contribution in [-0.2, 0) is 0 Å². The van der Waals surface area contributed by atoms with Gasteiger partial charge in [0.15, 0.2) is 0 Å². The molecule has 1 N–H and O–H groups in total. The number of phenols is 1. The Morgan fingerprint density at radius 1 is 1.50 bits per heavy atom. The van der Waals surface area contributed by atoms with Gasteiger partial charge in [0, 0.05) is 4.90 Å². The highest BCUT2D eigenvalue weighted by molar-refractivity contribution is 7.80. The number of benzene rings is 1. The van der Waals surface area contributed by atoms with Crippen LogP contribution in [0.15, 0.2) is 23.1 Å². The molecular weight excluding hydrogens is 146 g/mol. The van der Waals surface area contributed by atoms with Crippen molar-refractivity contribution in [2.45, 2.75) is 4.90 Å². The molecule has 0 aliphatic heterocycles. The molecule has 0 aliphatic carbocycles. The summed E-state index contributed by atoms with van der Waals surface area (Å²) in [5.41, 5.74) is 0.392.